The van der Waals surface area contributed by atoms with Crippen LogP contribution in [0.3, 0.4) is 0 Å². The third-order valence-corrected chi connectivity index (χ3v) is 5.66. The predicted molar refractivity (Wildman–Crippen MR) is 101 cm³/mol. The lowest BCUT2D eigenvalue weighted by atomic mass is 10.1. The van der Waals surface area contributed by atoms with Gasteiger partial charge in [-0.25, -0.2) is 0 Å². The second kappa shape index (κ2) is 7.83. The summed E-state index contributed by atoms with van der Waals surface area (Å²) in [4.78, 5) is 12.8. The first-order valence-electron chi connectivity index (χ1n) is 9.35. The Labute approximate surface area is 146 Å². The van der Waals surface area contributed by atoms with Gasteiger partial charge in [0.2, 0.25) is 5.91 Å². The van der Waals surface area contributed by atoms with E-state index in [1.807, 2.05) is 12.1 Å². The molecule has 1 N–H and O–H groups in total. The van der Waals surface area contributed by atoms with E-state index in [4.69, 9.17) is 0 Å². The molecule has 0 heterocycles. The van der Waals surface area contributed by atoms with E-state index in [1.165, 1.54) is 11.1 Å². The minimum Gasteiger partial charge on any atom is -0.326 e. The van der Waals surface area contributed by atoms with Crippen LogP contribution in [0.25, 0.3) is 0 Å². The van der Waals surface area contributed by atoms with Crippen molar-refractivity contribution in [3.63, 3.8) is 0 Å². The number of nitrogens with one attached hydrogen (secondary N) is 1. The van der Waals surface area contributed by atoms with E-state index in [9.17, 15) is 4.79 Å². The van der Waals surface area contributed by atoms with Gasteiger partial charge in [-0.2, -0.15) is 0 Å². The average Bonchev–Trinajstić information content (AvgIpc) is 3.24. The Morgan fingerprint density at radius 3 is 2.12 bits per heavy atom. The first-order chi connectivity index (χ1) is 11.7. The maximum absolute atomic E-state index is 12.8. The number of amides is 1. The van der Waals surface area contributed by atoms with E-state index < -0.39 is 0 Å². The monoisotopic (exact) mass is 323 g/mol. The van der Waals surface area contributed by atoms with Gasteiger partial charge in [0.05, 0.1) is 0 Å². The fourth-order valence-corrected chi connectivity index (χ4v) is 3.96. The van der Waals surface area contributed by atoms with Crippen molar-refractivity contribution in [3.8, 4) is 0 Å². The summed E-state index contributed by atoms with van der Waals surface area (Å²) in [6.45, 7) is 4.17. The normalized spacial score (nSPS) is 29.5. The molecule has 1 aromatic carbocycles. The Bertz CT molecular complexity index is 619. The summed E-state index contributed by atoms with van der Waals surface area (Å²) in [7, 11) is 0. The third-order valence-electron chi connectivity index (χ3n) is 5.66. The second-order valence-corrected chi connectivity index (χ2v) is 7.27. The number of hydrogen-bond acceptors (Lipinski definition) is 1. The largest absolute Gasteiger partial charge is 0.326 e. The Balaban J connectivity index is 1.65. The molecule has 0 bridgehead atoms. The molecular weight excluding hydrogens is 294 g/mol. The van der Waals surface area contributed by atoms with Crippen LogP contribution in [0.5, 0.6) is 0 Å². The number of benzene rings is 1. The van der Waals surface area contributed by atoms with E-state index in [0.29, 0.717) is 11.8 Å². The SMILES string of the molecule is Cc1cccc(NC(=O)C2C3CC/C=C\CC/C=C/CCC32)c1C. The van der Waals surface area contributed by atoms with Crippen LogP contribution >= 0.6 is 0 Å². The molecule has 3 rings (SSSR count). The maximum Gasteiger partial charge on any atom is 0.228 e. The van der Waals surface area contributed by atoms with Gasteiger partial charge in [0.15, 0.2) is 0 Å². The molecule has 1 aromatic rings. The molecule has 2 heteroatoms. The van der Waals surface area contributed by atoms with Crippen LogP contribution in [-0.2, 0) is 4.79 Å². The van der Waals surface area contributed by atoms with Gasteiger partial charge in [0.25, 0.3) is 0 Å². The Morgan fingerprint density at radius 2 is 1.50 bits per heavy atom. The standard InChI is InChI=1S/C22H29NO/c1-16-12-11-15-20(17(16)2)23-22(24)21-18-13-9-7-5-3-4-6-8-10-14-19(18)21/h5-8,11-12,15,18-19,21H,3-4,9-10,13-14H2,1-2H3,(H,23,24)/b7-5-,8-6+. The molecule has 128 valence electrons. The topological polar surface area (TPSA) is 29.1 Å². The zero-order valence-corrected chi connectivity index (χ0v) is 14.9. The van der Waals surface area contributed by atoms with E-state index >= 15 is 0 Å². The van der Waals surface area contributed by atoms with Crippen molar-refractivity contribution in [2.45, 2.75) is 52.4 Å². The highest BCUT2D eigenvalue weighted by atomic mass is 16.2. The van der Waals surface area contributed by atoms with Gasteiger partial charge in [-0.1, -0.05) is 36.4 Å². The number of aryl methyl sites for hydroxylation is 1. The van der Waals surface area contributed by atoms with Crippen molar-refractivity contribution in [1.29, 1.82) is 0 Å². The molecule has 2 aliphatic carbocycles. The van der Waals surface area contributed by atoms with Gasteiger partial charge in [0, 0.05) is 11.6 Å². The fourth-order valence-electron chi connectivity index (χ4n) is 3.96. The highest BCUT2D eigenvalue weighted by Crippen LogP contribution is 2.52. The van der Waals surface area contributed by atoms with Crippen molar-refractivity contribution in [2.75, 3.05) is 5.32 Å². The van der Waals surface area contributed by atoms with Crippen LogP contribution in [0.4, 0.5) is 5.69 Å². The maximum atomic E-state index is 12.8. The molecule has 1 amide bonds. The number of anilines is 1. The highest BCUT2D eigenvalue weighted by Gasteiger charge is 2.52. The first-order valence-corrected chi connectivity index (χ1v) is 9.35. The second-order valence-electron chi connectivity index (χ2n) is 7.27. The van der Waals surface area contributed by atoms with Crippen LogP contribution in [0.15, 0.2) is 42.5 Å². The molecule has 0 radical (unpaired) electrons. The average molecular weight is 323 g/mol. The lowest BCUT2D eigenvalue weighted by molar-refractivity contribution is -0.117. The van der Waals surface area contributed by atoms with Crippen LogP contribution in [-0.4, -0.2) is 5.91 Å². The van der Waals surface area contributed by atoms with Gasteiger partial charge in [0.1, 0.15) is 0 Å². The molecule has 1 fully saturated rings. The smallest absolute Gasteiger partial charge is 0.228 e. The number of hydrogen-bond donors (Lipinski definition) is 1. The van der Waals surface area contributed by atoms with Gasteiger partial charge < -0.3 is 5.32 Å². The van der Waals surface area contributed by atoms with Crippen LogP contribution in [0, 0.1) is 31.6 Å². The van der Waals surface area contributed by atoms with Gasteiger partial charge in [-0.15, -0.1) is 0 Å². The Hall–Kier alpha value is -1.83. The summed E-state index contributed by atoms with van der Waals surface area (Å²) in [6, 6.07) is 6.12. The first kappa shape index (κ1) is 17.0. The lowest BCUT2D eigenvalue weighted by Gasteiger charge is -2.10. The van der Waals surface area contributed by atoms with Crippen LogP contribution in [0.2, 0.25) is 0 Å². The molecule has 2 nitrogen and oxygen atoms in total. The summed E-state index contributed by atoms with van der Waals surface area (Å²) in [5.41, 5.74) is 3.38. The van der Waals surface area contributed by atoms with Crippen LogP contribution in [0.1, 0.15) is 49.7 Å². The summed E-state index contributed by atoms with van der Waals surface area (Å²) in [5, 5.41) is 3.19. The van der Waals surface area contributed by atoms with Crippen molar-refractivity contribution < 1.29 is 4.79 Å². The number of carbonyl (C=O) groups is 1. The minimum absolute atomic E-state index is 0.201. The van der Waals surface area contributed by atoms with Crippen molar-refractivity contribution >= 4 is 11.6 Å². The summed E-state index contributed by atoms with van der Waals surface area (Å²) in [5.74, 6) is 1.55. The van der Waals surface area contributed by atoms with E-state index in [0.717, 1.165) is 44.2 Å². The van der Waals surface area contributed by atoms with Crippen LogP contribution < -0.4 is 5.32 Å². The van der Waals surface area contributed by atoms with Crippen molar-refractivity contribution in [2.24, 2.45) is 17.8 Å². The summed E-state index contributed by atoms with van der Waals surface area (Å²) < 4.78 is 0. The van der Waals surface area contributed by atoms with Gasteiger partial charge in [-0.05, 0) is 81.4 Å². The molecular formula is C22H29NO. The fraction of sp³-hybridized carbons (Fsp3) is 0.500. The van der Waals surface area contributed by atoms with Crippen molar-refractivity contribution in [1.82, 2.24) is 0 Å². The molecule has 3 atom stereocenters. The molecule has 1 saturated carbocycles. The Morgan fingerprint density at radius 1 is 0.917 bits per heavy atom. The highest BCUT2D eigenvalue weighted by molar-refractivity contribution is 5.95. The number of carbonyl (C=O) groups excluding carboxylic acids is 1. The third kappa shape index (κ3) is 3.98. The molecule has 0 aliphatic heterocycles. The molecule has 2 aliphatic rings. The molecule has 0 aromatic heterocycles. The van der Waals surface area contributed by atoms with Gasteiger partial charge >= 0.3 is 0 Å². The van der Waals surface area contributed by atoms with E-state index in [1.54, 1.807) is 0 Å². The Kier molecular flexibility index (Phi) is 5.55. The summed E-state index contributed by atoms with van der Waals surface area (Å²) >= 11 is 0. The number of rotatable bonds is 2. The van der Waals surface area contributed by atoms with Crippen molar-refractivity contribution in [3.05, 3.63) is 53.6 Å². The zero-order chi connectivity index (χ0) is 16.9. The minimum atomic E-state index is 0.201. The lowest BCUT2D eigenvalue weighted by Crippen LogP contribution is -2.16. The number of allylic oxidation sites excluding steroid dienone is 4. The molecule has 24 heavy (non-hydrogen) atoms. The number of fused-ring (bicyclic) bond motifs is 1. The predicted octanol–water partition coefficient (Wildman–Crippen LogP) is 5.57. The van der Waals surface area contributed by atoms with E-state index in [-0.39, 0.29) is 11.8 Å². The van der Waals surface area contributed by atoms with E-state index in [2.05, 4.69) is 49.5 Å². The molecule has 0 spiro atoms. The summed E-state index contributed by atoms with van der Waals surface area (Å²) in [6.07, 6.45) is 16.0. The quantitative estimate of drug-likeness (QED) is 0.708. The van der Waals surface area contributed by atoms with Gasteiger partial charge in [-0.3, -0.25) is 4.79 Å². The zero-order valence-electron chi connectivity index (χ0n) is 14.9. The molecule has 3 unspecified atom stereocenters. The molecule has 0 saturated heterocycles.